The number of fused-ring (bicyclic) bond motifs is 1. The first-order chi connectivity index (χ1) is 13.5. The summed E-state index contributed by atoms with van der Waals surface area (Å²) in [6.07, 6.45) is 0.282. The summed E-state index contributed by atoms with van der Waals surface area (Å²) in [6, 6.07) is 15.2. The third kappa shape index (κ3) is 3.24. The second-order valence-electron chi connectivity index (χ2n) is 6.77. The summed E-state index contributed by atoms with van der Waals surface area (Å²) in [5.74, 6) is -0.954. The number of carboxylic acids is 1. The summed E-state index contributed by atoms with van der Waals surface area (Å²) in [5.41, 5.74) is 2.71. The third-order valence-corrected chi connectivity index (χ3v) is 4.98. The van der Waals surface area contributed by atoms with Crippen molar-refractivity contribution in [2.75, 3.05) is 0 Å². The van der Waals surface area contributed by atoms with Gasteiger partial charge >= 0.3 is 5.97 Å². The molecule has 0 spiro atoms. The van der Waals surface area contributed by atoms with Gasteiger partial charge in [-0.3, -0.25) is 4.79 Å². The Hall–Kier alpha value is -3.55. The van der Waals surface area contributed by atoms with Gasteiger partial charge in [0.1, 0.15) is 12.1 Å². The molecule has 1 N–H and O–H groups in total. The molecule has 4 rings (SSSR count). The second-order valence-corrected chi connectivity index (χ2v) is 6.77. The van der Waals surface area contributed by atoms with E-state index in [1.807, 2.05) is 54.6 Å². The van der Waals surface area contributed by atoms with Crippen molar-refractivity contribution in [3.63, 3.8) is 0 Å². The SMILES string of the molecule is CC(C(=O)N1Cc2ccccc2CC1C(=O)O)n1nnc(-c2ccccc2)n1. The van der Waals surface area contributed by atoms with E-state index in [2.05, 4.69) is 15.4 Å². The smallest absolute Gasteiger partial charge is 0.326 e. The van der Waals surface area contributed by atoms with Gasteiger partial charge in [0.05, 0.1) is 0 Å². The predicted octanol–water partition coefficient (Wildman–Crippen LogP) is 1.94. The molecule has 1 aliphatic rings. The average Bonchev–Trinajstić information content (AvgIpc) is 3.22. The van der Waals surface area contributed by atoms with Crippen LogP contribution in [-0.4, -0.2) is 48.1 Å². The van der Waals surface area contributed by atoms with E-state index in [0.29, 0.717) is 5.82 Å². The Labute approximate surface area is 161 Å². The van der Waals surface area contributed by atoms with Crippen LogP contribution in [0.1, 0.15) is 24.1 Å². The standard InChI is InChI=1S/C20H19N5O3/c1-13(25-22-18(21-23-25)14-7-3-2-4-8-14)19(26)24-12-16-10-6-5-9-15(16)11-17(24)20(27)28/h2-10,13,17H,11-12H2,1H3,(H,27,28). The van der Waals surface area contributed by atoms with Crippen LogP contribution < -0.4 is 0 Å². The molecule has 28 heavy (non-hydrogen) atoms. The number of tetrazole rings is 1. The van der Waals surface area contributed by atoms with Gasteiger partial charge in [-0.1, -0.05) is 54.6 Å². The van der Waals surface area contributed by atoms with E-state index in [1.54, 1.807) is 6.92 Å². The van der Waals surface area contributed by atoms with E-state index in [9.17, 15) is 14.7 Å². The zero-order valence-corrected chi connectivity index (χ0v) is 15.3. The minimum Gasteiger partial charge on any atom is -0.480 e. The van der Waals surface area contributed by atoms with Gasteiger partial charge in [-0.05, 0) is 23.3 Å². The van der Waals surface area contributed by atoms with E-state index >= 15 is 0 Å². The largest absolute Gasteiger partial charge is 0.480 e. The molecular formula is C20H19N5O3. The Morgan fingerprint density at radius 1 is 1.07 bits per heavy atom. The van der Waals surface area contributed by atoms with Crippen LogP contribution in [0.25, 0.3) is 11.4 Å². The van der Waals surface area contributed by atoms with Crippen molar-refractivity contribution in [3.8, 4) is 11.4 Å². The number of hydrogen-bond donors (Lipinski definition) is 1. The molecule has 1 aromatic heterocycles. The zero-order chi connectivity index (χ0) is 19.7. The quantitative estimate of drug-likeness (QED) is 0.746. The Morgan fingerprint density at radius 2 is 1.75 bits per heavy atom. The summed E-state index contributed by atoms with van der Waals surface area (Å²) >= 11 is 0. The van der Waals surface area contributed by atoms with Gasteiger partial charge in [-0.25, -0.2) is 4.79 Å². The normalized spacial score (nSPS) is 17.0. The highest BCUT2D eigenvalue weighted by molar-refractivity contribution is 5.86. The number of rotatable bonds is 4. The Bertz CT molecular complexity index is 1020. The number of carboxylic acid groups (broad SMARTS) is 1. The predicted molar refractivity (Wildman–Crippen MR) is 100 cm³/mol. The summed E-state index contributed by atoms with van der Waals surface area (Å²) < 4.78 is 0. The van der Waals surface area contributed by atoms with Crippen LogP contribution in [0.3, 0.4) is 0 Å². The molecule has 1 amide bonds. The van der Waals surface area contributed by atoms with Crippen molar-refractivity contribution in [3.05, 3.63) is 65.7 Å². The highest BCUT2D eigenvalue weighted by Crippen LogP contribution is 2.26. The molecule has 1 aliphatic heterocycles. The van der Waals surface area contributed by atoms with Crippen molar-refractivity contribution in [1.82, 2.24) is 25.1 Å². The topological polar surface area (TPSA) is 101 Å². The van der Waals surface area contributed by atoms with E-state index < -0.39 is 18.1 Å². The summed E-state index contributed by atoms with van der Waals surface area (Å²) in [7, 11) is 0. The number of carbonyl (C=O) groups is 2. The van der Waals surface area contributed by atoms with Gasteiger partial charge in [0, 0.05) is 18.5 Å². The second kappa shape index (κ2) is 7.22. The van der Waals surface area contributed by atoms with Crippen LogP contribution in [0.4, 0.5) is 0 Å². The highest BCUT2D eigenvalue weighted by Gasteiger charge is 2.37. The van der Waals surface area contributed by atoms with Crippen LogP contribution in [0.5, 0.6) is 0 Å². The van der Waals surface area contributed by atoms with Gasteiger partial charge in [0.25, 0.3) is 0 Å². The van der Waals surface area contributed by atoms with Crippen LogP contribution >= 0.6 is 0 Å². The first-order valence-corrected chi connectivity index (χ1v) is 8.99. The van der Waals surface area contributed by atoms with Crippen LogP contribution in [-0.2, 0) is 22.6 Å². The molecule has 0 radical (unpaired) electrons. The number of benzene rings is 2. The monoisotopic (exact) mass is 377 g/mol. The van der Waals surface area contributed by atoms with Crippen molar-refractivity contribution >= 4 is 11.9 Å². The molecule has 2 heterocycles. The Morgan fingerprint density at radius 3 is 2.46 bits per heavy atom. The minimum atomic E-state index is -1.02. The van der Waals surface area contributed by atoms with E-state index in [4.69, 9.17) is 0 Å². The van der Waals surface area contributed by atoms with Crippen molar-refractivity contribution in [2.45, 2.75) is 32.0 Å². The van der Waals surface area contributed by atoms with Gasteiger partial charge in [0.2, 0.25) is 11.7 Å². The zero-order valence-electron chi connectivity index (χ0n) is 15.3. The number of aliphatic carboxylic acids is 1. The molecule has 2 aromatic carbocycles. The molecule has 0 aliphatic carbocycles. The van der Waals surface area contributed by atoms with Crippen LogP contribution in [0.2, 0.25) is 0 Å². The highest BCUT2D eigenvalue weighted by atomic mass is 16.4. The third-order valence-electron chi connectivity index (χ3n) is 4.98. The molecular weight excluding hydrogens is 358 g/mol. The number of hydrogen-bond acceptors (Lipinski definition) is 5. The average molecular weight is 377 g/mol. The molecule has 0 bridgehead atoms. The number of aromatic nitrogens is 4. The van der Waals surface area contributed by atoms with Crippen molar-refractivity contribution < 1.29 is 14.7 Å². The summed E-state index contributed by atoms with van der Waals surface area (Å²) in [4.78, 5) is 27.5. The maximum Gasteiger partial charge on any atom is 0.326 e. The van der Waals surface area contributed by atoms with Crippen molar-refractivity contribution in [1.29, 1.82) is 0 Å². The molecule has 8 nitrogen and oxygen atoms in total. The Kier molecular flexibility index (Phi) is 4.60. The van der Waals surface area contributed by atoms with Gasteiger partial charge in [-0.2, -0.15) is 4.80 Å². The van der Waals surface area contributed by atoms with Gasteiger partial charge in [-0.15, -0.1) is 10.2 Å². The molecule has 8 heteroatoms. The lowest BCUT2D eigenvalue weighted by Crippen LogP contribution is -2.50. The lowest BCUT2D eigenvalue weighted by molar-refractivity contribution is -0.153. The molecule has 2 atom stereocenters. The molecule has 2 unspecified atom stereocenters. The fourth-order valence-corrected chi connectivity index (χ4v) is 3.41. The summed E-state index contributed by atoms with van der Waals surface area (Å²) in [5, 5.41) is 22.0. The van der Waals surface area contributed by atoms with Gasteiger partial charge in [0.15, 0.2) is 0 Å². The molecule has 0 fully saturated rings. The first kappa shape index (κ1) is 17.8. The van der Waals surface area contributed by atoms with E-state index in [1.165, 1.54) is 9.70 Å². The van der Waals surface area contributed by atoms with Crippen LogP contribution in [0.15, 0.2) is 54.6 Å². The maximum atomic E-state index is 13.1. The summed E-state index contributed by atoms with van der Waals surface area (Å²) in [6.45, 7) is 1.90. The fraction of sp³-hybridized carbons (Fsp3) is 0.250. The molecule has 0 saturated carbocycles. The lowest BCUT2D eigenvalue weighted by Gasteiger charge is -2.35. The maximum absolute atomic E-state index is 13.1. The first-order valence-electron chi connectivity index (χ1n) is 8.99. The molecule has 0 saturated heterocycles. The van der Waals surface area contributed by atoms with Crippen molar-refractivity contribution in [2.24, 2.45) is 0 Å². The lowest BCUT2D eigenvalue weighted by atomic mass is 9.93. The molecule has 142 valence electrons. The number of nitrogens with zero attached hydrogens (tertiary/aromatic N) is 5. The Balaban J connectivity index is 1.59. The van der Waals surface area contributed by atoms with Crippen LogP contribution in [0, 0.1) is 0 Å². The number of carbonyl (C=O) groups excluding carboxylic acids is 1. The number of amides is 1. The van der Waals surface area contributed by atoms with E-state index in [0.717, 1.165) is 16.7 Å². The van der Waals surface area contributed by atoms with Gasteiger partial charge < -0.3 is 10.0 Å². The minimum absolute atomic E-state index is 0.247. The van der Waals surface area contributed by atoms with E-state index in [-0.39, 0.29) is 18.9 Å². The fourth-order valence-electron chi connectivity index (χ4n) is 3.41. The molecule has 3 aromatic rings.